The lowest BCUT2D eigenvalue weighted by Gasteiger charge is -2.13. The summed E-state index contributed by atoms with van der Waals surface area (Å²) in [7, 11) is 0. The van der Waals surface area contributed by atoms with E-state index in [2.05, 4.69) is 10.6 Å². The first kappa shape index (κ1) is 17.6. The summed E-state index contributed by atoms with van der Waals surface area (Å²) in [6, 6.07) is 6.03. The van der Waals surface area contributed by atoms with Crippen molar-refractivity contribution in [1.29, 1.82) is 0 Å². The fourth-order valence-electron chi connectivity index (χ4n) is 2.16. The molecular formula is C15H18ClN3O3S. The molecule has 124 valence electrons. The van der Waals surface area contributed by atoms with Crippen molar-refractivity contribution in [3.8, 4) is 0 Å². The Balaban J connectivity index is 1.83. The number of thioether (sulfide) groups is 1. The van der Waals surface area contributed by atoms with Gasteiger partial charge in [-0.1, -0.05) is 23.7 Å². The summed E-state index contributed by atoms with van der Waals surface area (Å²) in [5.74, 6) is 0.0486. The molecule has 2 rings (SSSR count). The number of amides is 4. The average molecular weight is 356 g/mol. The van der Waals surface area contributed by atoms with E-state index < -0.39 is 12.1 Å². The summed E-state index contributed by atoms with van der Waals surface area (Å²) in [5, 5.41) is 5.91. The van der Waals surface area contributed by atoms with Crippen LogP contribution in [0.2, 0.25) is 5.02 Å². The van der Waals surface area contributed by atoms with E-state index in [0.717, 1.165) is 16.2 Å². The lowest BCUT2D eigenvalue weighted by atomic mass is 10.2. The molecule has 2 N–H and O–H groups in total. The first-order valence-electron chi connectivity index (χ1n) is 7.13. The summed E-state index contributed by atoms with van der Waals surface area (Å²) in [6.07, 6.45) is 2.50. The molecule has 1 aromatic carbocycles. The number of imide groups is 1. The van der Waals surface area contributed by atoms with E-state index >= 15 is 0 Å². The molecule has 1 aliphatic rings. The summed E-state index contributed by atoms with van der Waals surface area (Å²) in [6.45, 7) is 0.0452. The molecule has 0 aliphatic carbocycles. The quantitative estimate of drug-likeness (QED) is 0.729. The van der Waals surface area contributed by atoms with Crippen LogP contribution in [0.3, 0.4) is 0 Å². The van der Waals surface area contributed by atoms with Gasteiger partial charge in [0.25, 0.3) is 5.91 Å². The second-order valence-electron chi connectivity index (χ2n) is 5.11. The predicted octanol–water partition coefficient (Wildman–Crippen LogP) is 1.63. The average Bonchev–Trinajstić information content (AvgIpc) is 2.80. The Morgan fingerprint density at radius 2 is 2.04 bits per heavy atom. The van der Waals surface area contributed by atoms with Gasteiger partial charge in [0.1, 0.15) is 12.6 Å². The molecule has 0 aromatic heterocycles. The highest BCUT2D eigenvalue weighted by Crippen LogP contribution is 2.12. The summed E-state index contributed by atoms with van der Waals surface area (Å²) in [4.78, 5) is 36.8. The molecule has 4 amide bonds. The number of carbonyl (C=O) groups is 3. The second-order valence-corrected chi connectivity index (χ2v) is 6.53. The summed E-state index contributed by atoms with van der Waals surface area (Å²) >= 11 is 7.40. The van der Waals surface area contributed by atoms with Crippen molar-refractivity contribution in [2.45, 2.75) is 19.0 Å². The Morgan fingerprint density at radius 1 is 1.35 bits per heavy atom. The highest BCUT2D eigenvalue weighted by Gasteiger charge is 2.38. The van der Waals surface area contributed by atoms with Crippen molar-refractivity contribution in [2.24, 2.45) is 0 Å². The maximum absolute atomic E-state index is 12.1. The van der Waals surface area contributed by atoms with E-state index in [-0.39, 0.29) is 18.4 Å². The molecule has 0 unspecified atom stereocenters. The monoisotopic (exact) mass is 355 g/mol. The van der Waals surface area contributed by atoms with Crippen LogP contribution in [-0.2, 0) is 16.1 Å². The van der Waals surface area contributed by atoms with Crippen LogP contribution in [0, 0.1) is 0 Å². The van der Waals surface area contributed by atoms with E-state index in [4.69, 9.17) is 11.6 Å². The summed E-state index contributed by atoms with van der Waals surface area (Å²) < 4.78 is 0. The third-order valence-corrected chi connectivity index (χ3v) is 4.32. The van der Waals surface area contributed by atoms with Crippen LogP contribution in [0.5, 0.6) is 0 Å². The first-order valence-corrected chi connectivity index (χ1v) is 8.90. The minimum Gasteiger partial charge on any atom is -0.350 e. The number of hydrogen-bond acceptors (Lipinski definition) is 4. The minimum atomic E-state index is -0.529. The van der Waals surface area contributed by atoms with Crippen LogP contribution in [0.15, 0.2) is 24.3 Å². The van der Waals surface area contributed by atoms with Gasteiger partial charge in [-0.2, -0.15) is 11.8 Å². The third-order valence-electron chi connectivity index (χ3n) is 3.42. The van der Waals surface area contributed by atoms with Crippen molar-refractivity contribution in [3.05, 3.63) is 34.9 Å². The Labute approximate surface area is 143 Å². The molecule has 1 fully saturated rings. The first-order chi connectivity index (χ1) is 11.0. The number of nitrogens with one attached hydrogen (secondary N) is 2. The van der Waals surface area contributed by atoms with Gasteiger partial charge in [-0.25, -0.2) is 4.79 Å². The van der Waals surface area contributed by atoms with Crippen LogP contribution in [0.25, 0.3) is 0 Å². The van der Waals surface area contributed by atoms with Gasteiger partial charge in [-0.05, 0) is 36.1 Å². The molecule has 0 saturated carbocycles. The van der Waals surface area contributed by atoms with Crippen molar-refractivity contribution >= 4 is 41.2 Å². The number of carbonyl (C=O) groups excluding carboxylic acids is 3. The van der Waals surface area contributed by atoms with Gasteiger partial charge in [0.15, 0.2) is 0 Å². The molecule has 0 bridgehead atoms. The fourth-order valence-corrected chi connectivity index (χ4v) is 2.76. The number of urea groups is 1. The van der Waals surface area contributed by atoms with Crippen LogP contribution in [0.4, 0.5) is 4.79 Å². The lowest BCUT2D eigenvalue weighted by Crippen LogP contribution is -2.41. The molecule has 1 saturated heterocycles. The van der Waals surface area contributed by atoms with Crippen molar-refractivity contribution in [1.82, 2.24) is 15.5 Å². The van der Waals surface area contributed by atoms with E-state index in [1.807, 2.05) is 6.26 Å². The second kappa shape index (κ2) is 8.21. The van der Waals surface area contributed by atoms with E-state index in [0.29, 0.717) is 18.0 Å². The highest BCUT2D eigenvalue weighted by molar-refractivity contribution is 7.98. The maximum Gasteiger partial charge on any atom is 0.325 e. The third kappa shape index (κ3) is 4.87. The molecule has 0 spiro atoms. The van der Waals surface area contributed by atoms with Gasteiger partial charge in [-0.15, -0.1) is 0 Å². The smallest absolute Gasteiger partial charge is 0.325 e. The number of benzene rings is 1. The number of halogens is 1. The van der Waals surface area contributed by atoms with E-state index in [1.54, 1.807) is 36.0 Å². The van der Waals surface area contributed by atoms with Gasteiger partial charge in [0.2, 0.25) is 5.91 Å². The molecule has 1 aromatic rings. The topological polar surface area (TPSA) is 78.5 Å². The normalized spacial score (nSPS) is 17.3. The van der Waals surface area contributed by atoms with Crippen LogP contribution < -0.4 is 10.6 Å². The molecular weight excluding hydrogens is 338 g/mol. The Bertz CT molecular complexity index is 594. The van der Waals surface area contributed by atoms with E-state index in [9.17, 15) is 14.4 Å². The van der Waals surface area contributed by atoms with Gasteiger partial charge in [0, 0.05) is 11.6 Å². The zero-order chi connectivity index (χ0) is 16.8. The molecule has 0 radical (unpaired) electrons. The van der Waals surface area contributed by atoms with Crippen LogP contribution in [0.1, 0.15) is 12.0 Å². The Kier molecular flexibility index (Phi) is 6.29. The van der Waals surface area contributed by atoms with Crippen molar-refractivity contribution in [3.63, 3.8) is 0 Å². The molecule has 1 atom stereocenters. The molecule has 1 aliphatic heterocycles. The number of nitrogens with zero attached hydrogens (tertiary/aromatic N) is 1. The van der Waals surface area contributed by atoms with Gasteiger partial charge in [-0.3, -0.25) is 14.5 Å². The largest absolute Gasteiger partial charge is 0.350 e. The van der Waals surface area contributed by atoms with E-state index in [1.165, 1.54) is 0 Å². The Morgan fingerprint density at radius 3 is 2.70 bits per heavy atom. The van der Waals surface area contributed by atoms with Crippen LogP contribution in [-0.4, -0.2) is 47.3 Å². The SMILES string of the molecule is CSCC[C@@H]1NC(=O)N(CC(=O)NCc2ccc(Cl)cc2)C1=O. The standard InChI is InChI=1S/C15H18ClN3O3S/c1-23-7-6-12-14(21)19(15(22)18-12)9-13(20)17-8-10-2-4-11(16)5-3-10/h2-5,12H,6-9H2,1H3,(H,17,20)(H,18,22)/t12-/m0/s1. The highest BCUT2D eigenvalue weighted by atomic mass is 35.5. The van der Waals surface area contributed by atoms with Gasteiger partial charge in [0.05, 0.1) is 0 Å². The molecule has 6 nitrogen and oxygen atoms in total. The zero-order valence-electron chi connectivity index (χ0n) is 12.7. The molecule has 23 heavy (non-hydrogen) atoms. The fraction of sp³-hybridized carbons (Fsp3) is 0.400. The van der Waals surface area contributed by atoms with Crippen molar-refractivity contribution in [2.75, 3.05) is 18.6 Å². The van der Waals surface area contributed by atoms with Gasteiger partial charge < -0.3 is 10.6 Å². The number of hydrogen-bond donors (Lipinski definition) is 2. The van der Waals surface area contributed by atoms with Crippen molar-refractivity contribution < 1.29 is 14.4 Å². The summed E-state index contributed by atoms with van der Waals surface area (Å²) in [5.41, 5.74) is 0.887. The predicted molar refractivity (Wildman–Crippen MR) is 90.3 cm³/mol. The molecule has 1 heterocycles. The number of rotatable bonds is 7. The minimum absolute atomic E-state index is 0.270. The lowest BCUT2D eigenvalue weighted by molar-refractivity contribution is -0.132. The zero-order valence-corrected chi connectivity index (χ0v) is 14.2. The Hall–Kier alpha value is -1.73. The van der Waals surface area contributed by atoms with Gasteiger partial charge >= 0.3 is 6.03 Å². The van der Waals surface area contributed by atoms with Crippen LogP contribution >= 0.6 is 23.4 Å². The maximum atomic E-state index is 12.1. The molecule has 8 heteroatoms.